The highest BCUT2D eigenvalue weighted by Crippen LogP contribution is 2.06. The average molecular weight is 236 g/mol. The van der Waals surface area contributed by atoms with Gasteiger partial charge < -0.3 is 0 Å². The lowest BCUT2D eigenvalue weighted by Crippen LogP contribution is -1.93. The van der Waals surface area contributed by atoms with Crippen LogP contribution >= 0.6 is 22.6 Å². The van der Waals surface area contributed by atoms with Gasteiger partial charge in [-0.05, 0) is 36.4 Å². The highest BCUT2D eigenvalue weighted by atomic mass is 127. The van der Waals surface area contributed by atoms with Crippen molar-refractivity contribution >= 4 is 22.6 Å². The lowest BCUT2D eigenvalue weighted by atomic mass is 10.4. The molecule has 0 saturated carbocycles. The maximum Gasteiger partial charge on any atom is 0.126 e. The van der Waals surface area contributed by atoms with Gasteiger partial charge in [0.25, 0.3) is 0 Å². The summed E-state index contributed by atoms with van der Waals surface area (Å²) in [5, 5.41) is 4.23. The molecule has 0 unspecified atom stereocenters. The van der Waals surface area contributed by atoms with E-state index in [1.165, 1.54) is 5.56 Å². The standard InChI is InChI=1S/C6H9IN2/c1-3-9-4-5(2)6(7)8-9/h4H,3H2,1-2H3. The summed E-state index contributed by atoms with van der Waals surface area (Å²) in [4.78, 5) is 0. The Hall–Kier alpha value is -0.0600. The third-order valence-electron chi connectivity index (χ3n) is 1.21. The van der Waals surface area contributed by atoms with Crippen molar-refractivity contribution in [3.8, 4) is 0 Å². The van der Waals surface area contributed by atoms with Crippen molar-refractivity contribution in [3.05, 3.63) is 15.5 Å². The van der Waals surface area contributed by atoms with E-state index in [2.05, 4.69) is 47.7 Å². The lowest BCUT2D eigenvalue weighted by Gasteiger charge is -1.88. The van der Waals surface area contributed by atoms with Crippen LogP contribution in [0.4, 0.5) is 0 Å². The molecule has 0 fully saturated rings. The van der Waals surface area contributed by atoms with Crippen LogP contribution in [0.2, 0.25) is 0 Å². The van der Waals surface area contributed by atoms with Crippen molar-refractivity contribution in [2.45, 2.75) is 20.4 Å². The average Bonchev–Trinajstić information content (AvgIpc) is 2.13. The summed E-state index contributed by atoms with van der Waals surface area (Å²) in [6.45, 7) is 5.12. The van der Waals surface area contributed by atoms with Crippen molar-refractivity contribution < 1.29 is 0 Å². The third kappa shape index (κ3) is 1.44. The fraction of sp³-hybridized carbons (Fsp3) is 0.500. The first-order chi connectivity index (χ1) is 4.24. The second-order valence-electron chi connectivity index (χ2n) is 1.96. The number of hydrogen-bond donors (Lipinski definition) is 0. The smallest absolute Gasteiger partial charge is 0.126 e. The van der Waals surface area contributed by atoms with Crippen LogP contribution in [0.1, 0.15) is 12.5 Å². The van der Waals surface area contributed by atoms with E-state index in [0.717, 1.165) is 10.2 Å². The highest BCUT2D eigenvalue weighted by Gasteiger charge is 1.97. The number of aromatic nitrogens is 2. The van der Waals surface area contributed by atoms with Gasteiger partial charge in [-0.25, -0.2) is 0 Å². The van der Waals surface area contributed by atoms with Gasteiger partial charge in [0.15, 0.2) is 0 Å². The van der Waals surface area contributed by atoms with Crippen LogP contribution < -0.4 is 0 Å². The predicted octanol–water partition coefficient (Wildman–Crippen LogP) is 1.82. The Morgan fingerprint density at radius 3 is 2.67 bits per heavy atom. The molecule has 0 aliphatic rings. The normalized spacial score (nSPS) is 10.1. The van der Waals surface area contributed by atoms with E-state index in [-0.39, 0.29) is 0 Å². The number of aryl methyl sites for hydroxylation is 2. The fourth-order valence-electron chi connectivity index (χ4n) is 0.659. The Morgan fingerprint density at radius 1 is 1.78 bits per heavy atom. The Bertz CT molecular complexity index is 185. The Labute approximate surface area is 68.4 Å². The number of nitrogens with zero attached hydrogens (tertiary/aromatic N) is 2. The molecule has 0 bridgehead atoms. The second-order valence-corrected chi connectivity index (χ2v) is 2.98. The van der Waals surface area contributed by atoms with Gasteiger partial charge in [0.1, 0.15) is 3.70 Å². The van der Waals surface area contributed by atoms with Gasteiger partial charge in [-0.1, -0.05) is 0 Å². The van der Waals surface area contributed by atoms with Crippen molar-refractivity contribution in [1.82, 2.24) is 9.78 Å². The summed E-state index contributed by atoms with van der Waals surface area (Å²) >= 11 is 2.24. The summed E-state index contributed by atoms with van der Waals surface area (Å²) in [5.41, 5.74) is 1.26. The van der Waals surface area contributed by atoms with Gasteiger partial charge in [0.2, 0.25) is 0 Å². The zero-order valence-electron chi connectivity index (χ0n) is 5.56. The first kappa shape index (κ1) is 7.05. The molecule has 3 heteroatoms. The molecule has 1 rings (SSSR count). The summed E-state index contributed by atoms with van der Waals surface area (Å²) in [6, 6.07) is 0. The van der Waals surface area contributed by atoms with E-state index in [4.69, 9.17) is 0 Å². The van der Waals surface area contributed by atoms with Gasteiger partial charge in [-0.15, -0.1) is 0 Å². The Balaban J connectivity index is 2.98. The maximum absolute atomic E-state index is 4.23. The lowest BCUT2D eigenvalue weighted by molar-refractivity contribution is 0.654. The summed E-state index contributed by atoms with van der Waals surface area (Å²) in [6.07, 6.45) is 2.06. The number of hydrogen-bond acceptors (Lipinski definition) is 1. The SMILES string of the molecule is CCn1cc(C)c(I)n1. The van der Waals surface area contributed by atoms with E-state index in [9.17, 15) is 0 Å². The molecule has 9 heavy (non-hydrogen) atoms. The molecule has 0 saturated heterocycles. The molecule has 0 radical (unpaired) electrons. The number of rotatable bonds is 1. The molecular weight excluding hydrogens is 227 g/mol. The van der Waals surface area contributed by atoms with Crippen LogP contribution in [0.25, 0.3) is 0 Å². The van der Waals surface area contributed by atoms with E-state index in [1.807, 2.05) is 4.68 Å². The van der Waals surface area contributed by atoms with Crippen molar-refractivity contribution in [1.29, 1.82) is 0 Å². The van der Waals surface area contributed by atoms with E-state index < -0.39 is 0 Å². The van der Waals surface area contributed by atoms with Crippen LogP contribution in [0, 0.1) is 10.6 Å². The minimum Gasteiger partial charge on any atom is -0.272 e. The molecule has 2 nitrogen and oxygen atoms in total. The first-order valence-corrected chi connectivity index (χ1v) is 4.01. The van der Waals surface area contributed by atoms with E-state index in [1.54, 1.807) is 0 Å². The largest absolute Gasteiger partial charge is 0.272 e. The minimum atomic E-state index is 0.962. The minimum absolute atomic E-state index is 0.962. The van der Waals surface area contributed by atoms with Crippen LogP contribution in [0.5, 0.6) is 0 Å². The first-order valence-electron chi connectivity index (χ1n) is 2.93. The number of halogens is 1. The molecule has 1 heterocycles. The van der Waals surface area contributed by atoms with Gasteiger partial charge in [0, 0.05) is 18.3 Å². The van der Waals surface area contributed by atoms with Gasteiger partial charge in [-0.3, -0.25) is 4.68 Å². The predicted molar refractivity (Wildman–Crippen MR) is 45.4 cm³/mol. The van der Waals surface area contributed by atoms with Gasteiger partial charge in [-0.2, -0.15) is 5.10 Å². The molecule has 0 amide bonds. The zero-order valence-corrected chi connectivity index (χ0v) is 7.71. The second kappa shape index (κ2) is 2.68. The zero-order chi connectivity index (χ0) is 6.85. The summed E-state index contributed by atoms with van der Waals surface area (Å²) in [5.74, 6) is 0. The molecule has 0 aliphatic heterocycles. The van der Waals surface area contributed by atoms with Crippen LogP contribution in [-0.4, -0.2) is 9.78 Å². The molecule has 0 spiro atoms. The van der Waals surface area contributed by atoms with Crippen molar-refractivity contribution in [3.63, 3.8) is 0 Å². The molecule has 0 aliphatic carbocycles. The fourth-order valence-corrected chi connectivity index (χ4v) is 1.08. The molecule has 1 aromatic rings. The van der Waals surface area contributed by atoms with Crippen LogP contribution in [0.15, 0.2) is 6.20 Å². The quantitative estimate of drug-likeness (QED) is 0.680. The summed E-state index contributed by atoms with van der Waals surface area (Å²) < 4.78 is 3.05. The molecule has 0 N–H and O–H groups in total. The Kier molecular flexibility index (Phi) is 2.10. The van der Waals surface area contributed by atoms with Crippen molar-refractivity contribution in [2.75, 3.05) is 0 Å². The van der Waals surface area contributed by atoms with Crippen LogP contribution in [0.3, 0.4) is 0 Å². The van der Waals surface area contributed by atoms with E-state index >= 15 is 0 Å². The monoisotopic (exact) mass is 236 g/mol. The highest BCUT2D eigenvalue weighted by molar-refractivity contribution is 14.1. The molecule has 50 valence electrons. The molecule has 0 aromatic carbocycles. The van der Waals surface area contributed by atoms with Crippen molar-refractivity contribution in [2.24, 2.45) is 0 Å². The molecular formula is C6H9IN2. The van der Waals surface area contributed by atoms with E-state index in [0.29, 0.717) is 0 Å². The molecule has 1 aromatic heterocycles. The van der Waals surface area contributed by atoms with Crippen LogP contribution in [-0.2, 0) is 6.54 Å². The maximum atomic E-state index is 4.23. The Morgan fingerprint density at radius 2 is 2.44 bits per heavy atom. The third-order valence-corrected chi connectivity index (χ3v) is 2.27. The molecule has 0 atom stereocenters. The van der Waals surface area contributed by atoms with Gasteiger partial charge >= 0.3 is 0 Å². The summed E-state index contributed by atoms with van der Waals surface area (Å²) in [7, 11) is 0. The topological polar surface area (TPSA) is 17.8 Å². The van der Waals surface area contributed by atoms with Gasteiger partial charge in [0.05, 0.1) is 0 Å².